The molecule has 2 N–H and O–H groups in total. The number of aliphatic hydroxyl groups is 1. The Morgan fingerprint density at radius 3 is 2.38 bits per heavy atom. The molecular formula is C8H16O5. The topological polar surface area (TPSA) is 76.0 Å². The molecule has 78 valence electrons. The van der Waals surface area contributed by atoms with Crippen molar-refractivity contribution >= 4 is 5.97 Å². The summed E-state index contributed by atoms with van der Waals surface area (Å²) in [5, 5.41) is 17.7. The maximum absolute atomic E-state index is 10.4. The van der Waals surface area contributed by atoms with Gasteiger partial charge in [0, 0.05) is 6.61 Å². The first-order valence-corrected chi connectivity index (χ1v) is 4.12. The summed E-state index contributed by atoms with van der Waals surface area (Å²) in [5.74, 6) is -1.29. The molecule has 0 amide bonds. The Morgan fingerprint density at radius 2 is 1.92 bits per heavy atom. The maximum Gasteiger partial charge on any atom is 0.337 e. The Labute approximate surface area is 77.3 Å². The third-order valence-corrected chi connectivity index (χ3v) is 1.42. The standard InChI is InChI=1S/C8H16O5/c1-3-12-4-5-13-6-8(2,11)7(9)10/h11H,3-6H2,1-2H3,(H,9,10). The van der Waals surface area contributed by atoms with Crippen molar-refractivity contribution in [3.63, 3.8) is 0 Å². The third-order valence-electron chi connectivity index (χ3n) is 1.42. The van der Waals surface area contributed by atoms with Gasteiger partial charge in [-0.15, -0.1) is 0 Å². The fraction of sp³-hybridized carbons (Fsp3) is 0.875. The normalized spacial score (nSPS) is 15.3. The largest absolute Gasteiger partial charge is 0.479 e. The molecule has 0 aliphatic carbocycles. The van der Waals surface area contributed by atoms with Gasteiger partial charge in [0.15, 0.2) is 5.60 Å². The fourth-order valence-corrected chi connectivity index (χ4v) is 0.595. The maximum atomic E-state index is 10.4. The molecule has 0 saturated heterocycles. The number of carbonyl (C=O) groups is 1. The molecule has 13 heavy (non-hydrogen) atoms. The second-order valence-corrected chi connectivity index (χ2v) is 2.83. The van der Waals surface area contributed by atoms with Crippen LogP contribution in [0.4, 0.5) is 0 Å². The minimum absolute atomic E-state index is 0.227. The molecule has 0 saturated carbocycles. The molecule has 0 spiro atoms. The fourth-order valence-electron chi connectivity index (χ4n) is 0.595. The van der Waals surface area contributed by atoms with Crippen LogP contribution in [0.2, 0.25) is 0 Å². The molecule has 0 radical (unpaired) electrons. The summed E-state index contributed by atoms with van der Waals surface area (Å²) < 4.78 is 9.86. The van der Waals surface area contributed by atoms with E-state index in [4.69, 9.17) is 14.6 Å². The predicted molar refractivity (Wildman–Crippen MR) is 45.6 cm³/mol. The first-order valence-electron chi connectivity index (χ1n) is 4.12. The summed E-state index contributed by atoms with van der Waals surface area (Å²) in [6, 6.07) is 0. The van der Waals surface area contributed by atoms with Crippen molar-refractivity contribution in [1.82, 2.24) is 0 Å². The van der Waals surface area contributed by atoms with Crippen molar-refractivity contribution < 1.29 is 24.5 Å². The van der Waals surface area contributed by atoms with Crippen LogP contribution in [0.3, 0.4) is 0 Å². The van der Waals surface area contributed by atoms with Crippen LogP contribution in [0.25, 0.3) is 0 Å². The Kier molecular flexibility index (Phi) is 5.61. The summed E-state index contributed by atoms with van der Waals surface area (Å²) in [5.41, 5.74) is -1.81. The smallest absolute Gasteiger partial charge is 0.337 e. The van der Waals surface area contributed by atoms with Crippen LogP contribution < -0.4 is 0 Å². The first-order chi connectivity index (χ1) is 6.00. The molecule has 0 bridgehead atoms. The van der Waals surface area contributed by atoms with E-state index in [1.165, 1.54) is 6.92 Å². The van der Waals surface area contributed by atoms with Gasteiger partial charge >= 0.3 is 5.97 Å². The van der Waals surface area contributed by atoms with Gasteiger partial charge in [0.05, 0.1) is 19.8 Å². The van der Waals surface area contributed by atoms with Gasteiger partial charge in [0.2, 0.25) is 0 Å². The zero-order chi connectivity index (χ0) is 10.3. The van der Waals surface area contributed by atoms with E-state index in [2.05, 4.69) is 0 Å². The second-order valence-electron chi connectivity index (χ2n) is 2.83. The lowest BCUT2D eigenvalue weighted by Crippen LogP contribution is -2.40. The SMILES string of the molecule is CCOCCOCC(C)(O)C(=O)O. The monoisotopic (exact) mass is 192 g/mol. The van der Waals surface area contributed by atoms with Crippen molar-refractivity contribution in [2.45, 2.75) is 19.4 Å². The molecule has 0 fully saturated rings. The Balaban J connectivity index is 3.46. The lowest BCUT2D eigenvalue weighted by Gasteiger charge is -2.17. The lowest BCUT2D eigenvalue weighted by atomic mass is 10.1. The summed E-state index contributed by atoms with van der Waals surface area (Å²) in [6.45, 7) is 4.11. The van der Waals surface area contributed by atoms with Crippen molar-refractivity contribution in [2.75, 3.05) is 26.4 Å². The Morgan fingerprint density at radius 1 is 1.38 bits per heavy atom. The van der Waals surface area contributed by atoms with E-state index in [1.54, 1.807) is 0 Å². The van der Waals surface area contributed by atoms with Gasteiger partial charge < -0.3 is 19.7 Å². The number of rotatable bonds is 7. The zero-order valence-corrected chi connectivity index (χ0v) is 7.95. The first kappa shape index (κ1) is 12.3. The number of hydrogen-bond acceptors (Lipinski definition) is 4. The third kappa shape index (κ3) is 5.57. The molecule has 0 rings (SSSR count). The summed E-state index contributed by atoms with van der Waals surface area (Å²) in [6.07, 6.45) is 0. The van der Waals surface area contributed by atoms with Crippen LogP contribution in [0.15, 0.2) is 0 Å². The molecule has 0 aromatic rings. The van der Waals surface area contributed by atoms with E-state index >= 15 is 0 Å². The predicted octanol–water partition coefficient (Wildman–Crippen LogP) is -0.125. The number of carboxylic acids is 1. The van der Waals surface area contributed by atoms with E-state index in [-0.39, 0.29) is 13.2 Å². The molecule has 5 nitrogen and oxygen atoms in total. The average Bonchev–Trinajstić information content (AvgIpc) is 2.03. The average molecular weight is 192 g/mol. The highest BCUT2D eigenvalue weighted by Gasteiger charge is 2.29. The van der Waals surface area contributed by atoms with E-state index in [0.717, 1.165) is 0 Å². The van der Waals surface area contributed by atoms with Crippen molar-refractivity contribution in [2.24, 2.45) is 0 Å². The highest BCUT2D eigenvalue weighted by atomic mass is 16.5. The number of ether oxygens (including phenoxy) is 2. The van der Waals surface area contributed by atoms with Gasteiger partial charge in [-0.25, -0.2) is 4.79 Å². The van der Waals surface area contributed by atoms with Crippen molar-refractivity contribution in [3.05, 3.63) is 0 Å². The van der Waals surface area contributed by atoms with E-state index in [0.29, 0.717) is 13.2 Å². The highest BCUT2D eigenvalue weighted by Crippen LogP contribution is 2.03. The summed E-state index contributed by atoms with van der Waals surface area (Å²) in [4.78, 5) is 10.4. The summed E-state index contributed by atoms with van der Waals surface area (Å²) >= 11 is 0. The minimum Gasteiger partial charge on any atom is -0.479 e. The van der Waals surface area contributed by atoms with E-state index in [9.17, 15) is 9.90 Å². The lowest BCUT2D eigenvalue weighted by molar-refractivity contribution is -0.163. The van der Waals surface area contributed by atoms with Crippen LogP contribution in [-0.2, 0) is 14.3 Å². The molecule has 1 atom stereocenters. The summed E-state index contributed by atoms with van der Waals surface area (Å²) in [7, 11) is 0. The molecule has 0 aliphatic heterocycles. The Bertz CT molecular complexity index is 155. The van der Waals surface area contributed by atoms with Gasteiger partial charge in [-0.2, -0.15) is 0 Å². The minimum atomic E-state index is -1.81. The van der Waals surface area contributed by atoms with Crippen molar-refractivity contribution in [3.8, 4) is 0 Å². The quantitative estimate of drug-likeness (QED) is 0.550. The van der Waals surface area contributed by atoms with E-state index < -0.39 is 11.6 Å². The molecule has 0 heterocycles. The second kappa shape index (κ2) is 5.90. The van der Waals surface area contributed by atoms with Gasteiger partial charge in [-0.3, -0.25) is 0 Å². The van der Waals surface area contributed by atoms with Crippen LogP contribution in [0.5, 0.6) is 0 Å². The van der Waals surface area contributed by atoms with Gasteiger partial charge in [-0.05, 0) is 13.8 Å². The van der Waals surface area contributed by atoms with Crippen LogP contribution >= 0.6 is 0 Å². The van der Waals surface area contributed by atoms with Crippen LogP contribution in [0.1, 0.15) is 13.8 Å². The molecule has 5 heteroatoms. The van der Waals surface area contributed by atoms with Gasteiger partial charge in [-0.1, -0.05) is 0 Å². The van der Waals surface area contributed by atoms with Crippen LogP contribution in [-0.4, -0.2) is 48.2 Å². The van der Waals surface area contributed by atoms with Gasteiger partial charge in [0.1, 0.15) is 0 Å². The van der Waals surface area contributed by atoms with Crippen molar-refractivity contribution in [1.29, 1.82) is 0 Å². The molecule has 0 aromatic carbocycles. The molecular weight excluding hydrogens is 176 g/mol. The number of carboxylic acid groups (broad SMARTS) is 1. The highest BCUT2D eigenvalue weighted by molar-refractivity contribution is 5.76. The molecule has 0 aromatic heterocycles. The number of hydrogen-bond donors (Lipinski definition) is 2. The van der Waals surface area contributed by atoms with E-state index in [1.807, 2.05) is 6.92 Å². The molecule has 1 unspecified atom stereocenters. The molecule has 0 aliphatic rings. The Hall–Kier alpha value is -0.650. The zero-order valence-electron chi connectivity index (χ0n) is 7.95. The van der Waals surface area contributed by atoms with Crippen LogP contribution in [0, 0.1) is 0 Å². The number of aliphatic carboxylic acids is 1. The van der Waals surface area contributed by atoms with Gasteiger partial charge in [0.25, 0.3) is 0 Å².